The zero-order valence-corrected chi connectivity index (χ0v) is 6.79. The van der Waals surface area contributed by atoms with Crippen LogP contribution in [-0.4, -0.2) is 16.3 Å². The van der Waals surface area contributed by atoms with Gasteiger partial charge in [0.15, 0.2) is 0 Å². The highest BCUT2D eigenvalue weighted by atomic mass is 17.0. The predicted octanol–water partition coefficient (Wildman–Crippen LogP) is 2.03. The average molecular weight is 148 g/mol. The Kier molecular flexibility index (Phi) is 10.6. The molecular weight excluding hydrogens is 132 g/mol. The van der Waals surface area contributed by atoms with Crippen LogP contribution in [-0.2, 0) is 4.79 Å². The minimum absolute atomic E-state index is 0.304. The Morgan fingerprint density at radius 1 is 1.40 bits per heavy atom. The Bertz CT molecular complexity index is 78.9. The van der Waals surface area contributed by atoms with Gasteiger partial charge in [-0.3, -0.25) is 10.5 Å². The Labute approximate surface area is 61.6 Å². The third-order valence-electron chi connectivity index (χ3n) is 1.07. The van der Waals surface area contributed by atoms with E-state index in [1.165, 1.54) is 0 Å². The third kappa shape index (κ3) is 15.6. The molecule has 62 valence electrons. The number of Topliss-reactive ketones (excluding diaryl/α,β-unsaturated/α-hetero) is 1. The molecule has 0 unspecified atom stereocenters. The van der Waals surface area contributed by atoms with Crippen molar-refractivity contribution >= 4 is 5.78 Å². The maximum Gasteiger partial charge on any atom is 0.129 e. The summed E-state index contributed by atoms with van der Waals surface area (Å²) in [6, 6.07) is 0. The van der Waals surface area contributed by atoms with E-state index in [1.54, 1.807) is 6.92 Å². The molecule has 3 nitrogen and oxygen atoms in total. The van der Waals surface area contributed by atoms with Crippen molar-refractivity contribution in [2.75, 3.05) is 0 Å². The van der Waals surface area contributed by atoms with Gasteiger partial charge in [0.25, 0.3) is 0 Å². The van der Waals surface area contributed by atoms with Gasteiger partial charge >= 0.3 is 0 Å². The molecule has 0 spiro atoms. The summed E-state index contributed by atoms with van der Waals surface area (Å²) in [5, 5.41) is 12.0. The van der Waals surface area contributed by atoms with E-state index in [0.717, 1.165) is 12.8 Å². The fourth-order valence-electron chi connectivity index (χ4n) is 0.492. The number of ketones is 1. The van der Waals surface area contributed by atoms with E-state index in [0.29, 0.717) is 11.7 Å². The Morgan fingerprint density at radius 2 is 1.80 bits per heavy atom. The first-order chi connectivity index (χ1) is 4.63. The molecule has 0 saturated carbocycles. The van der Waals surface area contributed by atoms with Gasteiger partial charge in [0, 0.05) is 6.42 Å². The lowest BCUT2D eigenvalue weighted by molar-refractivity contribution is -0.176. The molecule has 0 saturated heterocycles. The first-order valence-electron chi connectivity index (χ1n) is 3.32. The van der Waals surface area contributed by atoms with Crippen molar-refractivity contribution in [3.63, 3.8) is 0 Å². The van der Waals surface area contributed by atoms with Crippen LogP contribution in [0.5, 0.6) is 0 Å². The summed E-state index contributed by atoms with van der Waals surface area (Å²) in [6.07, 6.45) is 1.78. The number of hydrogen-bond donors (Lipinski definition) is 2. The smallest absolute Gasteiger partial charge is 0.129 e. The monoisotopic (exact) mass is 148 g/mol. The van der Waals surface area contributed by atoms with Crippen molar-refractivity contribution in [1.29, 1.82) is 0 Å². The molecule has 0 amide bonds. The van der Waals surface area contributed by atoms with Gasteiger partial charge in [-0.1, -0.05) is 13.8 Å². The lowest BCUT2D eigenvalue weighted by atomic mass is 10.1. The van der Waals surface area contributed by atoms with Gasteiger partial charge in [0.2, 0.25) is 0 Å². The van der Waals surface area contributed by atoms with Gasteiger partial charge in [0.1, 0.15) is 5.78 Å². The van der Waals surface area contributed by atoms with E-state index in [2.05, 4.69) is 13.8 Å². The van der Waals surface area contributed by atoms with Crippen LogP contribution in [0, 0.1) is 5.92 Å². The Morgan fingerprint density at radius 3 is 1.90 bits per heavy atom. The van der Waals surface area contributed by atoms with E-state index >= 15 is 0 Å². The predicted molar refractivity (Wildman–Crippen MR) is 40.0 cm³/mol. The molecule has 3 heteroatoms. The topological polar surface area (TPSA) is 57.5 Å². The quantitative estimate of drug-likeness (QED) is 0.475. The van der Waals surface area contributed by atoms with Crippen LogP contribution in [0.2, 0.25) is 0 Å². The second kappa shape index (κ2) is 8.59. The summed E-state index contributed by atoms with van der Waals surface area (Å²) in [4.78, 5) is 10.3. The summed E-state index contributed by atoms with van der Waals surface area (Å²) in [5.41, 5.74) is 0. The van der Waals surface area contributed by atoms with Gasteiger partial charge in [-0.2, -0.15) is 0 Å². The van der Waals surface area contributed by atoms with Crippen molar-refractivity contribution in [3.8, 4) is 0 Å². The van der Waals surface area contributed by atoms with Gasteiger partial charge in [-0.25, -0.2) is 0 Å². The SMILES string of the molecule is CC(=O)CCC(C)C.OO. The fourth-order valence-corrected chi connectivity index (χ4v) is 0.492. The molecule has 10 heavy (non-hydrogen) atoms. The second-order valence-corrected chi connectivity index (χ2v) is 2.63. The lowest BCUT2D eigenvalue weighted by Gasteiger charge is -1.98. The lowest BCUT2D eigenvalue weighted by Crippen LogP contribution is -1.93. The maximum absolute atomic E-state index is 10.3. The molecule has 0 aromatic rings. The highest BCUT2D eigenvalue weighted by molar-refractivity contribution is 5.75. The number of rotatable bonds is 3. The van der Waals surface area contributed by atoms with Crippen molar-refractivity contribution in [1.82, 2.24) is 0 Å². The summed E-state index contributed by atoms with van der Waals surface area (Å²) in [6.45, 7) is 5.90. The van der Waals surface area contributed by atoms with Crippen molar-refractivity contribution in [3.05, 3.63) is 0 Å². The standard InChI is InChI=1S/C7H14O.H2O2/c1-6(2)4-5-7(3)8;1-2/h6H,4-5H2,1-3H3;1-2H. The van der Waals surface area contributed by atoms with Crippen LogP contribution in [0.1, 0.15) is 33.6 Å². The van der Waals surface area contributed by atoms with E-state index in [-0.39, 0.29) is 0 Å². The fraction of sp³-hybridized carbons (Fsp3) is 0.857. The van der Waals surface area contributed by atoms with Crippen LogP contribution in [0.4, 0.5) is 0 Å². The molecular formula is C7H16O3. The Hall–Kier alpha value is -0.410. The van der Waals surface area contributed by atoms with Crippen molar-refractivity contribution in [2.45, 2.75) is 33.6 Å². The molecule has 0 radical (unpaired) electrons. The average Bonchev–Trinajstić information content (AvgIpc) is 1.89. The second-order valence-electron chi connectivity index (χ2n) is 2.63. The van der Waals surface area contributed by atoms with E-state index < -0.39 is 0 Å². The van der Waals surface area contributed by atoms with Crippen LogP contribution in [0.3, 0.4) is 0 Å². The normalized spacial score (nSPS) is 8.60. The van der Waals surface area contributed by atoms with Gasteiger partial charge in [-0.15, -0.1) is 0 Å². The number of carbonyl (C=O) groups is 1. The summed E-state index contributed by atoms with van der Waals surface area (Å²) in [7, 11) is 0. The van der Waals surface area contributed by atoms with Crippen LogP contribution < -0.4 is 0 Å². The highest BCUT2D eigenvalue weighted by Crippen LogP contribution is 2.02. The first-order valence-corrected chi connectivity index (χ1v) is 3.32. The largest absolute Gasteiger partial charge is 0.300 e. The number of hydrogen-bond acceptors (Lipinski definition) is 3. The van der Waals surface area contributed by atoms with Crippen LogP contribution in [0.15, 0.2) is 0 Å². The van der Waals surface area contributed by atoms with Crippen molar-refractivity contribution in [2.24, 2.45) is 5.92 Å². The molecule has 0 heterocycles. The van der Waals surface area contributed by atoms with E-state index in [4.69, 9.17) is 10.5 Å². The molecule has 0 rings (SSSR count). The molecule has 0 aromatic heterocycles. The van der Waals surface area contributed by atoms with Crippen LogP contribution in [0.25, 0.3) is 0 Å². The first kappa shape index (κ1) is 12.3. The van der Waals surface area contributed by atoms with Crippen molar-refractivity contribution < 1.29 is 15.3 Å². The minimum atomic E-state index is 0.304. The molecule has 0 aliphatic rings. The summed E-state index contributed by atoms with van der Waals surface area (Å²) >= 11 is 0. The Balaban J connectivity index is 0. The van der Waals surface area contributed by atoms with Gasteiger partial charge in [-0.05, 0) is 19.3 Å². The minimum Gasteiger partial charge on any atom is -0.300 e. The summed E-state index contributed by atoms with van der Waals surface area (Å²) in [5.74, 6) is 0.970. The zero-order valence-electron chi connectivity index (χ0n) is 6.79. The molecule has 0 aliphatic heterocycles. The van der Waals surface area contributed by atoms with Crippen LogP contribution >= 0.6 is 0 Å². The molecule has 0 atom stereocenters. The molecule has 0 aliphatic carbocycles. The number of carbonyl (C=O) groups excluding carboxylic acids is 1. The zero-order chi connectivity index (χ0) is 8.57. The maximum atomic E-state index is 10.3. The van der Waals surface area contributed by atoms with Gasteiger partial charge in [0.05, 0.1) is 0 Å². The third-order valence-corrected chi connectivity index (χ3v) is 1.07. The van der Waals surface area contributed by atoms with E-state index in [1.807, 2.05) is 0 Å². The molecule has 2 N–H and O–H groups in total. The van der Waals surface area contributed by atoms with Gasteiger partial charge < -0.3 is 4.79 Å². The highest BCUT2D eigenvalue weighted by Gasteiger charge is 1.95. The molecule has 0 aromatic carbocycles. The molecule has 0 bridgehead atoms. The summed E-state index contributed by atoms with van der Waals surface area (Å²) < 4.78 is 0. The van der Waals surface area contributed by atoms with E-state index in [9.17, 15) is 4.79 Å². The molecule has 0 fully saturated rings.